The van der Waals surface area contributed by atoms with Crippen molar-refractivity contribution in [3.8, 4) is 11.3 Å². The van der Waals surface area contributed by atoms with Gasteiger partial charge < -0.3 is 35.7 Å². The molecule has 2 heterocycles. The van der Waals surface area contributed by atoms with E-state index in [1.807, 2.05) is 61.5 Å². The molecular weight excluding hydrogens is 556 g/mol. The van der Waals surface area contributed by atoms with Gasteiger partial charge in [0, 0.05) is 48.8 Å². The number of carbonyl (C=O) groups excluding carboxylic acids is 1. The Morgan fingerprint density at radius 3 is 2.57 bits per heavy atom. The Bertz CT molecular complexity index is 1730. The van der Waals surface area contributed by atoms with Gasteiger partial charge in [-0.2, -0.15) is 0 Å². The first kappa shape index (κ1) is 30.8. The monoisotopic (exact) mass is 596 g/mol. The summed E-state index contributed by atoms with van der Waals surface area (Å²) in [4.78, 5) is 32.9. The van der Waals surface area contributed by atoms with Gasteiger partial charge in [0.05, 0.1) is 36.4 Å². The highest BCUT2D eigenvalue weighted by atomic mass is 16.5. The number of morpholine rings is 1. The van der Waals surface area contributed by atoms with Crippen molar-refractivity contribution in [3.63, 3.8) is 0 Å². The third kappa shape index (κ3) is 6.61. The quantitative estimate of drug-likeness (QED) is 0.223. The van der Waals surface area contributed by atoms with Gasteiger partial charge in [-0.1, -0.05) is 45.0 Å². The number of nitrogens with zero attached hydrogens (tertiary/aromatic N) is 3. The lowest BCUT2D eigenvalue weighted by molar-refractivity contribution is 0.00360. The number of nitrogens with two attached hydrogens (primary N) is 1. The topological polar surface area (TPSA) is 135 Å². The van der Waals surface area contributed by atoms with E-state index >= 15 is 0 Å². The maximum Gasteiger partial charge on any atom is 0.293 e. The molecule has 1 aliphatic heterocycles. The normalized spacial score (nSPS) is 15.2. The predicted molar refractivity (Wildman–Crippen MR) is 176 cm³/mol. The van der Waals surface area contributed by atoms with Crippen LogP contribution in [-0.4, -0.2) is 53.0 Å². The van der Waals surface area contributed by atoms with Gasteiger partial charge in [0.1, 0.15) is 0 Å². The Morgan fingerprint density at radius 1 is 1.14 bits per heavy atom. The number of hydrogen-bond donors (Lipinski definition) is 4. The molecule has 0 bridgehead atoms. The summed E-state index contributed by atoms with van der Waals surface area (Å²) < 4.78 is 7.03. The molecule has 1 fully saturated rings. The van der Waals surface area contributed by atoms with E-state index in [4.69, 9.17) is 10.5 Å². The fourth-order valence-electron chi connectivity index (χ4n) is 5.29. The number of aromatic nitrogens is 2. The third-order valence-corrected chi connectivity index (χ3v) is 7.92. The number of rotatable bonds is 7. The molecule has 1 atom stereocenters. The number of amides is 1. The number of aliphatic hydroxyl groups is 1. The number of ether oxygens (including phenoxy) is 1. The van der Waals surface area contributed by atoms with Crippen LogP contribution in [0.15, 0.2) is 71.7 Å². The standard InChI is InChI=1S/C34H40N6O4/c1-21-26(7-6-8-28(21)38-32(42)22-9-11-23(12-10-22)34(2,3)4)29-19-39(5)33(43)31(37-29)36-24-13-14-30(27(35)17-24)40-15-16-44-25(18-40)20-41/h6-14,17,19,25,41H,15-16,18,20,35H2,1-5H3,(H,36,37)(H,38,42). The van der Waals surface area contributed by atoms with E-state index in [-0.39, 0.29) is 35.4 Å². The van der Waals surface area contributed by atoms with E-state index < -0.39 is 0 Å². The van der Waals surface area contributed by atoms with Gasteiger partial charge in [-0.05, 0) is 59.9 Å². The number of hydrogen-bond acceptors (Lipinski definition) is 8. The molecule has 1 amide bonds. The first-order chi connectivity index (χ1) is 20.9. The lowest BCUT2D eigenvalue weighted by Gasteiger charge is -2.34. The minimum atomic E-state index is -0.295. The van der Waals surface area contributed by atoms with Crippen LogP contribution in [0.3, 0.4) is 0 Å². The van der Waals surface area contributed by atoms with Crippen molar-refractivity contribution in [2.45, 2.75) is 39.2 Å². The zero-order valence-corrected chi connectivity index (χ0v) is 25.8. The Balaban J connectivity index is 1.38. The van der Waals surface area contributed by atoms with E-state index in [1.165, 1.54) is 4.57 Å². The molecule has 1 aromatic heterocycles. The summed E-state index contributed by atoms with van der Waals surface area (Å²) >= 11 is 0. The molecule has 4 aromatic rings. The number of nitrogen functional groups attached to an aromatic ring is 1. The average molecular weight is 597 g/mol. The SMILES string of the molecule is Cc1c(NC(=O)c2ccc(C(C)(C)C)cc2)cccc1-c1cn(C)c(=O)c(Nc2ccc(N3CCOC(CO)C3)c(N)c2)n1. The van der Waals surface area contributed by atoms with E-state index in [0.29, 0.717) is 48.0 Å². The number of benzene rings is 3. The second-order valence-corrected chi connectivity index (χ2v) is 12.2. The zero-order valence-electron chi connectivity index (χ0n) is 25.8. The number of aryl methyl sites for hydroxylation is 1. The average Bonchev–Trinajstić information content (AvgIpc) is 3.00. The molecular formula is C34H40N6O4. The number of aliphatic hydroxyl groups excluding tert-OH is 1. The second-order valence-electron chi connectivity index (χ2n) is 12.2. The van der Waals surface area contributed by atoms with E-state index in [1.54, 1.807) is 19.3 Å². The first-order valence-electron chi connectivity index (χ1n) is 14.7. The van der Waals surface area contributed by atoms with Crippen LogP contribution in [0.2, 0.25) is 0 Å². The summed E-state index contributed by atoms with van der Waals surface area (Å²) in [7, 11) is 1.67. The molecule has 1 saturated heterocycles. The molecule has 44 heavy (non-hydrogen) atoms. The molecule has 0 radical (unpaired) electrons. The van der Waals surface area contributed by atoms with Crippen molar-refractivity contribution < 1.29 is 14.6 Å². The van der Waals surface area contributed by atoms with Crippen molar-refractivity contribution in [1.29, 1.82) is 0 Å². The fraction of sp³-hybridized carbons (Fsp3) is 0.324. The summed E-state index contributed by atoms with van der Waals surface area (Å²) in [6, 6.07) is 18.8. The van der Waals surface area contributed by atoms with Crippen LogP contribution in [0.25, 0.3) is 11.3 Å². The minimum Gasteiger partial charge on any atom is -0.397 e. The molecule has 230 valence electrons. The van der Waals surface area contributed by atoms with Crippen LogP contribution in [0.1, 0.15) is 42.3 Å². The van der Waals surface area contributed by atoms with Crippen LogP contribution >= 0.6 is 0 Å². The van der Waals surface area contributed by atoms with Crippen LogP contribution in [0.4, 0.5) is 28.6 Å². The van der Waals surface area contributed by atoms with Crippen LogP contribution in [0, 0.1) is 6.92 Å². The van der Waals surface area contributed by atoms with Gasteiger partial charge in [-0.15, -0.1) is 0 Å². The Kier molecular flexibility index (Phi) is 8.75. The lowest BCUT2D eigenvalue weighted by atomic mass is 9.86. The molecule has 1 unspecified atom stereocenters. The molecule has 5 N–H and O–H groups in total. The molecule has 0 saturated carbocycles. The molecule has 5 rings (SSSR count). The predicted octanol–water partition coefficient (Wildman–Crippen LogP) is 4.83. The van der Waals surface area contributed by atoms with Gasteiger partial charge in [-0.3, -0.25) is 9.59 Å². The van der Waals surface area contributed by atoms with Gasteiger partial charge in [0.15, 0.2) is 5.82 Å². The van der Waals surface area contributed by atoms with Gasteiger partial charge >= 0.3 is 0 Å². The molecule has 3 aromatic carbocycles. The van der Waals surface area contributed by atoms with Gasteiger partial charge in [0.25, 0.3) is 11.5 Å². The zero-order chi connectivity index (χ0) is 31.6. The smallest absolute Gasteiger partial charge is 0.293 e. The molecule has 10 nitrogen and oxygen atoms in total. The van der Waals surface area contributed by atoms with Crippen molar-refractivity contribution in [2.75, 3.05) is 47.6 Å². The number of anilines is 5. The van der Waals surface area contributed by atoms with Crippen molar-refractivity contribution >= 4 is 34.5 Å². The summed E-state index contributed by atoms with van der Waals surface area (Å²) in [6.45, 7) is 9.99. The van der Waals surface area contributed by atoms with Crippen molar-refractivity contribution in [1.82, 2.24) is 9.55 Å². The highest BCUT2D eigenvalue weighted by Gasteiger charge is 2.22. The summed E-state index contributed by atoms with van der Waals surface area (Å²) in [6.07, 6.45) is 1.42. The van der Waals surface area contributed by atoms with Gasteiger partial charge in [-0.25, -0.2) is 4.98 Å². The number of carbonyl (C=O) groups is 1. The summed E-state index contributed by atoms with van der Waals surface area (Å²) in [5.74, 6) is -0.0527. The Hall–Kier alpha value is -4.67. The van der Waals surface area contributed by atoms with Crippen LogP contribution < -0.4 is 26.8 Å². The molecule has 1 aliphatic rings. The Labute approximate surface area is 257 Å². The van der Waals surface area contributed by atoms with E-state index in [9.17, 15) is 14.7 Å². The lowest BCUT2D eigenvalue weighted by Crippen LogP contribution is -2.44. The summed E-state index contributed by atoms with van der Waals surface area (Å²) in [5, 5.41) is 15.7. The largest absolute Gasteiger partial charge is 0.397 e. The second kappa shape index (κ2) is 12.5. The van der Waals surface area contributed by atoms with Crippen LogP contribution in [0.5, 0.6) is 0 Å². The fourth-order valence-corrected chi connectivity index (χ4v) is 5.29. The molecule has 0 aliphatic carbocycles. The Morgan fingerprint density at radius 2 is 1.89 bits per heavy atom. The first-order valence-corrected chi connectivity index (χ1v) is 14.7. The molecule has 0 spiro atoms. The van der Waals surface area contributed by atoms with E-state index in [2.05, 4.69) is 41.3 Å². The highest BCUT2D eigenvalue weighted by Crippen LogP contribution is 2.31. The molecule has 10 heteroatoms. The highest BCUT2D eigenvalue weighted by molar-refractivity contribution is 6.05. The maximum absolute atomic E-state index is 13.1. The van der Waals surface area contributed by atoms with Crippen molar-refractivity contribution in [3.05, 3.63) is 93.9 Å². The minimum absolute atomic E-state index is 0.000197. The summed E-state index contributed by atoms with van der Waals surface area (Å²) in [5.41, 5.74) is 12.7. The number of nitrogens with one attached hydrogen (secondary N) is 2. The van der Waals surface area contributed by atoms with Crippen molar-refractivity contribution in [2.24, 2.45) is 7.05 Å². The van der Waals surface area contributed by atoms with Gasteiger partial charge in [0.2, 0.25) is 0 Å². The van der Waals surface area contributed by atoms with Crippen LogP contribution in [-0.2, 0) is 17.2 Å². The maximum atomic E-state index is 13.1. The third-order valence-electron chi connectivity index (χ3n) is 7.92. The van der Waals surface area contributed by atoms with E-state index in [0.717, 1.165) is 22.4 Å².